The normalized spacial score (nSPS) is 14.6. The van der Waals surface area contributed by atoms with Crippen LogP contribution in [0.4, 0.5) is 4.39 Å². The molecular weight excluding hydrogens is 327 g/mol. The van der Waals surface area contributed by atoms with Gasteiger partial charge in [-0.25, -0.2) is 4.39 Å². The van der Waals surface area contributed by atoms with Crippen molar-refractivity contribution in [2.45, 2.75) is 13.3 Å². The van der Waals surface area contributed by atoms with Crippen LogP contribution >= 0.6 is 11.6 Å². The van der Waals surface area contributed by atoms with E-state index >= 15 is 0 Å². The van der Waals surface area contributed by atoms with Crippen molar-refractivity contribution in [3.8, 4) is 5.75 Å². The molecule has 0 heterocycles. The fraction of sp³-hybridized carbons (Fsp3) is 0.150. The van der Waals surface area contributed by atoms with Gasteiger partial charge in [0, 0.05) is 11.4 Å². The quantitative estimate of drug-likeness (QED) is 0.760. The van der Waals surface area contributed by atoms with Crippen molar-refractivity contribution in [2.24, 2.45) is 0 Å². The summed E-state index contributed by atoms with van der Waals surface area (Å²) in [4.78, 5) is 12.3. The number of ether oxygens (including phenoxy) is 1. The molecule has 0 N–H and O–H groups in total. The fourth-order valence-electron chi connectivity index (χ4n) is 2.57. The molecule has 0 spiro atoms. The standard InChI is InChI=1S/C20H16ClFO2/c1-13-16(12-24-19-4-2-3-17(21)11-19)9-15(10-20(13)23)14-5-7-18(22)8-6-14/h2-9,11H,10,12H2,1H3. The monoisotopic (exact) mass is 342 g/mol. The lowest BCUT2D eigenvalue weighted by Gasteiger charge is -2.18. The molecule has 0 atom stereocenters. The lowest BCUT2D eigenvalue weighted by Crippen LogP contribution is -2.13. The SMILES string of the molecule is CC1=C(COc2cccc(Cl)c2)C=C(c2ccc(F)cc2)CC1=O. The topological polar surface area (TPSA) is 26.3 Å². The highest BCUT2D eigenvalue weighted by Gasteiger charge is 2.19. The minimum atomic E-state index is -0.294. The first-order valence-corrected chi connectivity index (χ1v) is 7.98. The van der Waals surface area contributed by atoms with Gasteiger partial charge < -0.3 is 4.74 Å². The summed E-state index contributed by atoms with van der Waals surface area (Å²) in [7, 11) is 0. The molecule has 2 aromatic carbocycles. The van der Waals surface area contributed by atoms with E-state index in [1.807, 2.05) is 18.2 Å². The Morgan fingerprint density at radius 2 is 1.92 bits per heavy atom. The van der Waals surface area contributed by atoms with Crippen LogP contribution < -0.4 is 4.74 Å². The van der Waals surface area contributed by atoms with E-state index in [9.17, 15) is 9.18 Å². The third-order valence-corrected chi connectivity index (χ3v) is 4.24. The number of Topliss-reactive ketones (excluding diaryl/α,β-unsaturated/α-hetero) is 1. The van der Waals surface area contributed by atoms with Crippen molar-refractivity contribution in [2.75, 3.05) is 6.61 Å². The summed E-state index contributed by atoms with van der Waals surface area (Å²) >= 11 is 5.95. The fourth-order valence-corrected chi connectivity index (χ4v) is 2.75. The maximum absolute atomic E-state index is 13.1. The maximum atomic E-state index is 13.1. The third kappa shape index (κ3) is 3.74. The Hall–Kier alpha value is -2.39. The summed E-state index contributed by atoms with van der Waals surface area (Å²) in [6, 6.07) is 13.3. The zero-order valence-corrected chi connectivity index (χ0v) is 13.9. The third-order valence-electron chi connectivity index (χ3n) is 4.00. The summed E-state index contributed by atoms with van der Waals surface area (Å²) in [5, 5.41) is 0.598. The van der Waals surface area contributed by atoms with Crippen LogP contribution in [0.5, 0.6) is 5.75 Å². The summed E-state index contributed by atoms with van der Waals surface area (Å²) in [5.41, 5.74) is 3.24. The van der Waals surface area contributed by atoms with E-state index in [-0.39, 0.29) is 18.2 Å². The predicted molar refractivity (Wildman–Crippen MR) is 93.6 cm³/mol. The lowest BCUT2D eigenvalue weighted by molar-refractivity contribution is -0.114. The highest BCUT2D eigenvalue weighted by atomic mass is 35.5. The van der Waals surface area contributed by atoms with Crippen LogP contribution in [-0.2, 0) is 4.79 Å². The van der Waals surface area contributed by atoms with Gasteiger partial charge in [0.15, 0.2) is 5.78 Å². The van der Waals surface area contributed by atoms with Crippen molar-refractivity contribution in [3.05, 3.63) is 82.2 Å². The molecule has 0 aliphatic heterocycles. The minimum absolute atomic E-state index is 0.0570. The Kier molecular flexibility index (Phi) is 4.81. The first-order chi connectivity index (χ1) is 11.5. The molecule has 0 fully saturated rings. The van der Waals surface area contributed by atoms with Crippen molar-refractivity contribution >= 4 is 23.0 Å². The molecular formula is C20H16ClFO2. The number of hydrogen-bond donors (Lipinski definition) is 0. The molecule has 4 heteroatoms. The van der Waals surface area contributed by atoms with E-state index in [1.54, 1.807) is 31.2 Å². The zero-order chi connectivity index (χ0) is 17.1. The average Bonchev–Trinajstić information content (AvgIpc) is 2.57. The number of ketones is 1. The summed E-state index contributed by atoms with van der Waals surface area (Å²) in [5.74, 6) is 0.414. The van der Waals surface area contributed by atoms with Gasteiger partial charge in [0.1, 0.15) is 18.2 Å². The van der Waals surface area contributed by atoms with Gasteiger partial charge in [0.05, 0.1) is 0 Å². The van der Waals surface area contributed by atoms with Crippen LogP contribution in [0.15, 0.2) is 65.8 Å². The van der Waals surface area contributed by atoms with E-state index < -0.39 is 0 Å². The van der Waals surface area contributed by atoms with Crippen LogP contribution in [0, 0.1) is 5.82 Å². The molecule has 3 rings (SSSR count). The van der Waals surface area contributed by atoms with E-state index in [0.717, 1.165) is 16.7 Å². The van der Waals surface area contributed by atoms with Crippen LogP contribution in [-0.4, -0.2) is 12.4 Å². The number of hydrogen-bond acceptors (Lipinski definition) is 2. The van der Waals surface area contributed by atoms with Crippen molar-refractivity contribution in [1.29, 1.82) is 0 Å². The summed E-state index contributed by atoms with van der Waals surface area (Å²) in [6.07, 6.45) is 2.27. The van der Waals surface area contributed by atoms with Crippen LogP contribution in [0.25, 0.3) is 5.57 Å². The number of halogens is 2. The second kappa shape index (κ2) is 7.02. The van der Waals surface area contributed by atoms with Crippen molar-refractivity contribution < 1.29 is 13.9 Å². The Bertz CT molecular complexity index is 835. The lowest BCUT2D eigenvalue weighted by atomic mass is 9.88. The van der Waals surface area contributed by atoms with Gasteiger partial charge >= 0.3 is 0 Å². The van der Waals surface area contributed by atoms with Gasteiger partial charge in [-0.15, -0.1) is 0 Å². The number of allylic oxidation sites excluding steroid dienone is 2. The van der Waals surface area contributed by atoms with Gasteiger partial charge in [-0.1, -0.05) is 35.9 Å². The Balaban J connectivity index is 1.83. The number of rotatable bonds is 4. The molecule has 0 saturated heterocycles. The summed E-state index contributed by atoms with van der Waals surface area (Å²) < 4.78 is 18.8. The van der Waals surface area contributed by atoms with Crippen molar-refractivity contribution in [1.82, 2.24) is 0 Å². The molecule has 0 aromatic heterocycles. The molecule has 24 heavy (non-hydrogen) atoms. The Morgan fingerprint density at radius 1 is 1.17 bits per heavy atom. The van der Waals surface area contributed by atoms with E-state index in [0.29, 0.717) is 22.8 Å². The van der Waals surface area contributed by atoms with E-state index in [4.69, 9.17) is 16.3 Å². The van der Waals surface area contributed by atoms with Gasteiger partial charge in [0.2, 0.25) is 0 Å². The first-order valence-electron chi connectivity index (χ1n) is 7.61. The number of carbonyl (C=O) groups excluding carboxylic acids is 1. The average molecular weight is 343 g/mol. The maximum Gasteiger partial charge on any atom is 0.163 e. The number of benzene rings is 2. The molecule has 0 radical (unpaired) electrons. The first kappa shape index (κ1) is 16.5. The van der Waals surface area contributed by atoms with E-state index in [2.05, 4.69) is 0 Å². The highest BCUT2D eigenvalue weighted by Crippen LogP contribution is 2.29. The zero-order valence-electron chi connectivity index (χ0n) is 13.2. The minimum Gasteiger partial charge on any atom is -0.489 e. The second-order valence-corrected chi connectivity index (χ2v) is 6.11. The number of carbonyl (C=O) groups is 1. The summed E-state index contributed by atoms with van der Waals surface area (Å²) in [6.45, 7) is 2.08. The van der Waals surface area contributed by atoms with Gasteiger partial charge in [-0.2, -0.15) is 0 Å². The molecule has 0 bridgehead atoms. The molecule has 2 nitrogen and oxygen atoms in total. The van der Waals surface area contributed by atoms with Gasteiger partial charge in [-0.05, 0) is 59.5 Å². The molecule has 2 aromatic rings. The predicted octanol–water partition coefficient (Wildman–Crippen LogP) is 5.23. The molecule has 1 aliphatic carbocycles. The highest BCUT2D eigenvalue weighted by molar-refractivity contribution is 6.30. The Morgan fingerprint density at radius 3 is 2.62 bits per heavy atom. The molecule has 0 amide bonds. The smallest absolute Gasteiger partial charge is 0.163 e. The molecule has 0 saturated carbocycles. The molecule has 1 aliphatic rings. The molecule has 122 valence electrons. The molecule has 0 unspecified atom stereocenters. The van der Waals surface area contributed by atoms with Crippen molar-refractivity contribution in [3.63, 3.8) is 0 Å². The van der Waals surface area contributed by atoms with Crippen LogP contribution in [0.2, 0.25) is 5.02 Å². The van der Waals surface area contributed by atoms with Gasteiger partial charge in [-0.3, -0.25) is 4.79 Å². The Labute approximate surface area is 145 Å². The second-order valence-electron chi connectivity index (χ2n) is 5.67. The largest absolute Gasteiger partial charge is 0.489 e. The van der Waals surface area contributed by atoms with E-state index in [1.165, 1.54) is 12.1 Å². The van der Waals surface area contributed by atoms with Crippen LogP contribution in [0.3, 0.4) is 0 Å². The van der Waals surface area contributed by atoms with Gasteiger partial charge in [0.25, 0.3) is 0 Å². The van der Waals surface area contributed by atoms with Crippen LogP contribution in [0.1, 0.15) is 18.9 Å².